The van der Waals surface area contributed by atoms with Crippen molar-refractivity contribution in [3.8, 4) is 5.75 Å². The maximum atomic E-state index is 12.2. The fourth-order valence-electron chi connectivity index (χ4n) is 2.93. The molecule has 0 atom stereocenters. The molecule has 0 saturated heterocycles. The van der Waals surface area contributed by atoms with E-state index in [-0.39, 0.29) is 24.3 Å². The lowest BCUT2D eigenvalue weighted by Gasteiger charge is -2.17. The third kappa shape index (κ3) is 5.09. The molecule has 7 heteroatoms. The fraction of sp³-hybridized carbons (Fsp3) is 0.286. The van der Waals surface area contributed by atoms with Crippen LogP contribution in [0.15, 0.2) is 42.5 Å². The van der Waals surface area contributed by atoms with Gasteiger partial charge in [0.25, 0.3) is 5.91 Å². The number of carbonyl (C=O) groups is 3. The van der Waals surface area contributed by atoms with Crippen molar-refractivity contribution in [2.45, 2.75) is 26.3 Å². The summed E-state index contributed by atoms with van der Waals surface area (Å²) in [7, 11) is 1.73. The van der Waals surface area contributed by atoms with Gasteiger partial charge >= 0.3 is 0 Å². The van der Waals surface area contributed by atoms with Gasteiger partial charge in [-0.3, -0.25) is 14.4 Å². The number of hydrogen-bond acceptors (Lipinski definition) is 4. The molecule has 0 spiro atoms. The van der Waals surface area contributed by atoms with Crippen LogP contribution in [0.5, 0.6) is 5.75 Å². The first kappa shape index (κ1) is 19.4. The first-order chi connectivity index (χ1) is 13.4. The van der Waals surface area contributed by atoms with Gasteiger partial charge in [-0.1, -0.05) is 12.1 Å². The summed E-state index contributed by atoms with van der Waals surface area (Å²) in [6.45, 7) is 1.86. The van der Waals surface area contributed by atoms with Crippen molar-refractivity contribution < 1.29 is 19.1 Å². The number of benzene rings is 2. The van der Waals surface area contributed by atoms with Crippen molar-refractivity contribution in [1.29, 1.82) is 0 Å². The van der Waals surface area contributed by atoms with Crippen molar-refractivity contribution in [3.63, 3.8) is 0 Å². The molecule has 0 aromatic heterocycles. The number of aryl methyl sites for hydroxylation is 1. The van der Waals surface area contributed by atoms with Crippen LogP contribution < -0.4 is 15.4 Å². The largest absolute Gasteiger partial charge is 0.484 e. The van der Waals surface area contributed by atoms with Crippen LogP contribution in [0.4, 0.5) is 11.4 Å². The van der Waals surface area contributed by atoms with E-state index in [2.05, 4.69) is 10.6 Å². The van der Waals surface area contributed by atoms with Gasteiger partial charge in [0.05, 0.1) is 0 Å². The lowest BCUT2D eigenvalue weighted by Crippen LogP contribution is -2.23. The summed E-state index contributed by atoms with van der Waals surface area (Å²) < 4.78 is 5.58. The van der Waals surface area contributed by atoms with E-state index < -0.39 is 0 Å². The molecule has 7 nitrogen and oxygen atoms in total. The first-order valence-corrected chi connectivity index (χ1v) is 9.07. The lowest BCUT2D eigenvalue weighted by molar-refractivity contribution is -0.128. The molecular formula is C21H23N3O4. The van der Waals surface area contributed by atoms with E-state index >= 15 is 0 Å². The molecule has 3 amide bonds. The van der Waals surface area contributed by atoms with Crippen molar-refractivity contribution >= 4 is 29.1 Å². The second kappa shape index (κ2) is 8.56. The molecule has 0 radical (unpaired) electrons. The average molecular weight is 381 g/mol. The molecule has 0 saturated carbocycles. The quantitative estimate of drug-likeness (QED) is 0.805. The standard InChI is InChI=1S/C21H23N3O4/c1-14(25)24(2)12-15-4-3-5-17(10-15)22-21(27)13-28-18-7-8-19-16(11-18)6-9-20(26)23-19/h3-5,7-8,10-11H,6,9,12-13H2,1-2H3,(H,22,27)(H,23,26). The maximum absolute atomic E-state index is 12.2. The van der Waals surface area contributed by atoms with Crippen LogP contribution in [-0.4, -0.2) is 36.3 Å². The smallest absolute Gasteiger partial charge is 0.262 e. The zero-order valence-corrected chi connectivity index (χ0v) is 16.0. The van der Waals surface area contributed by atoms with Crippen LogP contribution in [0.2, 0.25) is 0 Å². The predicted molar refractivity (Wildman–Crippen MR) is 106 cm³/mol. The summed E-state index contributed by atoms with van der Waals surface area (Å²) in [4.78, 5) is 36.6. The molecular weight excluding hydrogens is 358 g/mol. The summed E-state index contributed by atoms with van der Waals surface area (Å²) >= 11 is 0. The Balaban J connectivity index is 1.55. The number of ether oxygens (including phenoxy) is 1. The zero-order valence-electron chi connectivity index (χ0n) is 16.0. The number of fused-ring (bicyclic) bond motifs is 1. The Labute approximate surface area is 163 Å². The number of amides is 3. The van der Waals surface area contributed by atoms with E-state index in [1.165, 1.54) is 6.92 Å². The van der Waals surface area contributed by atoms with E-state index in [0.717, 1.165) is 16.8 Å². The van der Waals surface area contributed by atoms with Gasteiger partial charge in [-0.15, -0.1) is 0 Å². The monoisotopic (exact) mass is 381 g/mol. The molecule has 1 aliphatic rings. The molecule has 146 valence electrons. The first-order valence-electron chi connectivity index (χ1n) is 9.07. The average Bonchev–Trinajstić information content (AvgIpc) is 2.66. The molecule has 0 aliphatic carbocycles. The van der Waals surface area contributed by atoms with Crippen molar-refractivity contribution in [1.82, 2.24) is 4.90 Å². The molecule has 2 aromatic rings. The van der Waals surface area contributed by atoms with Gasteiger partial charge in [-0.2, -0.15) is 0 Å². The van der Waals surface area contributed by atoms with E-state index in [0.29, 0.717) is 30.8 Å². The molecule has 0 unspecified atom stereocenters. The predicted octanol–water partition coefficient (Wildman–Crippen LogP) is 2.57. The molecule has 3 rings (SSSR count). The summed E-state index contributed by atoms with van der Waals surface area (Å²) in [6, 6.07) is 12.7. The van der Waals surface area contributed by atoms with E-state index in [1.54, 1.807) is 30.1 Å². The lowest BCUT2D eigenvalue weighted by atomic mass is 10.0. The molecule has 0 fully saturated rings. The van der Waals surface area contributed by atoms with Gasteiger partial charge in [-0.05, 0) is 47.9 Å². The van der Waals surface area contributed by atoms with Crippen LogP contribution in [0, 0.1) is 0 Å². The highest BCUT2D eigenvalue weighted by Crippen LogP contribution is 2.26. The second-order valence-corrected chi connectivity index (χ2v) is 6.78. The maximum Gasteiger partial charge on any atom is 0.262 e. The van der Waals surface area contributed by atoms with Crippen molar-refractivity contribution in [3.05, 3.63) is 53.6 Å². The van der Waals surface area contributed by atoms with Gasteiger partial charge < -0.3 is 20.3 Å². The number of nitrogens with zero attached hydrogens (tertiary/aromatic N) is 1. The van der Waals surface area contributed by atoms with Gasteiger partial charge in [0.2, 0.25) is 11.8 Å². The number of nitrogens with one attached hydrogen (secondary N) is 2. The number of rotatable bonds is 6. The molecule has 0 bridgehead atoms. The van der Waals surface area contributed by atoms with Crippen LogP contribution in [0.3, 0.4) is 0 Å². The Morgan fingerprint density at radius 3 is 2.79 bits per heavy atom. The van der Waals surface area contributed by atoms with Crippen molar-refractivity contribution in [2.24, 2.45) is 0 Å². The topological polar surface area (TPSA) is 87.7 Å². The molecule has 28 heavy (non-hydrogen) atoms. The van der Waals surface area contributed by atoms with Gasteiger partial charge in [-0.25, -0.2) is 0 Å². The summed E-state index contributed by atoms with van der Waals surface area (Å²) in [5, 5.41) is 5.61. The van der Waals surface area contributed by atoms with Gasteiger partial charge in [0.15, 0.2) is 6.61 Å². The normalized spacial score (nSPS) is 12.6. The van der Waals surface area contributed by atoms with Crippen LogP contribution >= 0.6 is 0 Å². The fourth-order valence-corrected chi connectivity index (χ4v) is 2.93. The minimum atomic E-state index is -0.275. The third-order valence-electron chi connectivity index (χ3n) is 4.51. The highest BCUT2D eigenvalue weighted by molar-refractivity contribution is 5.94. The highest BCUT2D eigenvalue weighted by Gasteiger charge is 2.15. The molecule has 1 heterocycles. The summed E-state index contributed by atoms with van der Waals surface area (Å²) in [5.74, 6) is 0.301. The third-order valence-corrected chi connectivity index (χ3v) is 4.51. The summed E-state index contributed by atoms with van der Waals surface area (Å²) in [5.41, 5.74) is 3.37. The Kier molecular flexibility index (Phi) is 5.93. The van der Waals surface area contributed by atoms with E-state index in [4.69, 9.17) is 4.74 Å². The second-order valence-electron chi connectivity index (χ2n) is 6.78. The Morgan fingerprint density at radius 2 is 2.00 bits per heavy atom. The van der Waals surface area contributed by atoms with Crippen LogP contribution in [-0.2, 0) is 27.3 Å². The molecule has 1 aliphatic heterocycles. The van der Waals surface area contributed by atoms with Crippen molar-refractivity contribution in [2.75, 3.05) is 24.3 Å². The number of carbonyl (C=O) groups excluding carboxylic acids is 3. The van der Waals surface area contributed by atoms with Crippen LogP contribution in [0.25, 0.3) is 0 Å². The number of anilines is 2. The van der Waals surface area contributed by atoms with Crippen LogP contribution in [0.1, 0.15) is 24.5 Å². The molecule has 2 N–H and O–H groups in total. The SMILES string of the molecule is CC(=O)N(C)Cc1cccc(NC(=O)COc2ccc3c(c2)CCC(=O)N3)c1. The minimum absolute atomic E-state index is 0.0114. The van der Waals surface area contributed by atoms with E-state index in [1.807, 2.05) is 24.3 Å². The Bertz CT molecular complexity index is 910. The minimum Gasteiger partial charge on any atom is -0.484 e. The van der Waals surface area contributed by atoms with E-state index in [9.17, 15) is 14.4 Å². The number of hydrogen-bond donors (Lipinski definition) is 2. The summed E-state index contributed by atoms with van der Waals surface area (Å²) in [6.07, 6.45) is 1.11. The van der Waals surface area contributed by atoms with Gasteiger partial charge in [0.1, 0.15) is 5.75 Å². The molecule has 2 aromatic carbocycles. The van der Waals surface area contributed by atoms with Gasteiger partial charge in [0, 0.05) is 38.3 Å². The zero-order chi connectivity index (χ0) is 20.1. The Morgan fingerprint density at radius 1 is 1.18 bits per heavy atom. The highest BCUT2D eigenvalue weighted by atomic mass is 16.5. The Hall–Kier alpha value is -3.35.